The van der Waals surface area contributed by atoms with E-state index in [9.17, 15) is 5.11 Å². The molecule has 1 N–H and O–H groups in total. The Bertz CT molecular complexity index is 1010. The largest absolute Gasteiger partial charge is 0.867 e. The first kappa shape index (κ1) is 22.7. The fraction of sp³-hybridized carbons (Fsp3) is 0.259. The Hall–Kier alpha value is -2.98. The molecule has 4 heteroatoms. The van der Waals surface area contributed by atoms with Crippen LogP contribution in [0.1, 0.15) is 49.3 Å². The number of hydrogen-bond donors (Lipinski definition) is 1. The molecule has 0 saturated carbocycles. The van der Waals surface area contributed by atoms with E-state index in [1.807, 2.05) is 73.9 Å². The van der Waals surface area contributed by atoms with Crippen LogP contribution in [0.15, 0.2) is 79.1 Å². The molecule has 160 valence electrons. The molecule has 0 unspecified atom stereocenters. The predicted molar refractivity (Wildman–Crippen MR) is 131 cm³/mol. The second kappa shape index (κ2) is 11.4. The van der Waals surface area contributed by atoms with Gasteiger partial charge in [-0.2, -0.15) is 4.57 Å². The Morgan fingerprint density at radius 1 is 0.903 bits per heavy atom. The van der Waals surface area contributed by atoms with Gasteiger partial charge in [0, 0.05) is 17.8 Å². The summed E-state index contributed by atoms with van der Waals surface area (Å²) in [5, 5.41) is 16.7. The maximum atomic E-state index is 13.5. The minimum atomic E-state index is -0.0988. The average Bonchev–Trinajstić information content (AvgIpc) is 2.79. The summed E-state index contributed by atoms with van der Waals surface area (Å²) in [7, 11) is 0. The molecular formula is C27H30N2OS. The van der Waals surface area contributed by atoms with Gasteiger partial charge in [-0.25, -0.2) is 0 Å². The molecule has 0 spiro atoms. The molecule has 0 atom stereocenters. The number of nitrogens with one attached hydrogen (secondary N) is 1. The van der Waals surface area contributed by atoms with Crippen molar-refractivity contribution in [1.82, 2.24) is 0 Å². The monoisotopic (exact) mass is 430 g/mol. The highest BCUT2D eigenvalue weighted by Crippen LogP contribution is 2.19. The van der Waals surface area contributed by atoms with E-state index in [0.717, 1.165) is 12.1 Å². The standard InChI is InChI=1S/C27H30N2OS/c1-3-4-5-7-10-22-13-15-23(16-14-22)26(30)25(29-19-8-6-9-20-29)27(31)28-24-17-11-21(2)12-18-24/h6,8-9,11-20H,3-5,7,10H2,1-2H3,(H-,28,30,31). The van der Waals surface area contributed by atoms with Crippen molar-refractivity contribution >= 4 is 34.3 Å². The maximum Gasteiger partial charge on any atom is 0.238 e. The Morgan fingerprint density at radius 2 is 1.58 bits per heavy atom. The van der Waals surface area contributed by atoms with Gasteiger partial charge in [-0.1, -0.05) is 86.4 Å². The number of benzene rings is 2. The quantitative estimate of drug-likeness (QED) is 0.159. The van der Waals surface area contributed by atoms with Crippen molar-refractivity contribution in [2.75, 3.05) is 5.32 Å². The third kappa shape index (κ3) is 6.50. The van der Waals surface area contributed by atoms with Crippen LogP contribution in [-0.2, 0) is 6.42 Å². The SMILES string of the molecule is CCCCCCc1ccc(C([O-])=C(C(=S)Nc2ccc(C)cc2)[n+]2ccccc2)cc1. The topological polar surface area (TPSA) is 39.0 Å². The summed E-state index contributed by atoms with van der Waals surface area (Å²) in [6.45, 7) is 4.26. The van der Waals surface area contributed by atoms with Crippen molar-refractivity contribution < 1.29 is 9.67 Å². The summed E-state index contributed by atoms with van der Waals surface area (Å²) in [4.78, 5) is 0.397. The number of aryl methyl sites for hydroxylation is 2. The van der Waals surface area contributed by atoms with Crippen molar-refractivity contribution in [1.29, 1.82) is 0 Å². The predicted octanol–water partition coefficient (Wildman–Crippen LogP) is 5.53. The van der Waals surface area contributed by atoms with Gasteiger partial charge in [0.1, 0.15) is 0 Å². The summed E-state index contributed by atoms with van der Waals surface area (Å²) in [6.07, 6.45) is 9.68. The average molecular weight is 431 g/mol. The molecule has 0 saturated heterocycles. The van der Waals surface area contributed by atoms with E-state index >= 15 is 0 Å². The normalized spacial score (nSPS) is 11.7. The first-order valence-corrected chi connectivity index (χ1v) is 11.3. The van der Waals surface area contributed by atoms with Gasteiger partial charge in [-0.15, -0.1) is 0 Å². The molecule has 3 rings (SSSR count). The van der Waals surface area contributed by atoms with Gasteiger partial charge in [0.25, 0.3) is 0 Å². The number of nitrogens with zero attached hydrogens (tertiary/aromatic N) is 1. The zero-order valence-electron chi connectivity index (χ0n) is 18.3. The molecule has 3 aromatic rings. The number of thiocarbonyl (C=S) groups is 1. The molecule has 1 heterocycles. The molecule has 1 aromatic heterocycles. The van der Waals surface area contributed by atoms with Gasteiger partial charge in [0.15, 0.2) is 17.4 Å². The molecule has 0 aliphatic heterocycles. The molecule has 0 bridgehead atoms. The van der Waals surface area contributed by atoms with Crippen LogP contribution in [0.3, 0.4) is 0 Å². The van der Waals surface area contributed by atoms with Crippen molar-refractivity contribution in [3.63, 3.8) is 0 Å². The van der Waals surface area contributed by atoms with Gasteiger partial charge in [-0.3, -0.25) is 0 Å². The number of rotatable bonds is 9. The fourth-order valence-corrected chi connectivity index (χ4v) is 3.74. The third-order valence-corrected chi connectivity index (χ3v) is 5.54. The van der Waals surface area contributed by atoms with Crippen molar-refractivity contribution in [2.24, 2.45) is 0 Å². The van der Waals surface area contributed by atoms with Gasteiger partial charge in [0.05, 0.1) is 0 Å². The van der Waals surface area contributed by atoms with Crippen LogP contribution in [0.5, 0.6) is 0 Å². The molecule has 0 aliphatic rings. The zero-order chi connectivity index (χ0) is 22.1. The van der Waals surface area contributed by atoms with E-state index in [-0.39, 0.29) is 5.76 Å². The smallest absolute Gasteiger partial charge is 0.238 e. The summed E-state index contributed by atoms with van der Waals surface area (Å²) in [5.41, 5.74) is 4.37. The van der Waals surface area contributed by atoms with Crippen molar-refractivity contribution in [3.8, 4) is 0 Å². The highest BCUT2D eigenvalue weighted by Gasteiger charge is 2.18. The third-order valence-electron chi connectivity index (χ3n) is 5.25. The van der Waals surface area contributed by atoms with E-state index in [2.05, 4.69) is 24.4 Å². The van der Waals surface area contributed by atoms with Gasteiger partial charge in [0.2, 0.25) is 5.70 Å². The van der Waals surface area contributed by atoms with E-state index in [1.54, 1.807) is 4.57 Å². The van der Waals surface area contributed by atoms with E-state index in [0.29, 0.717) is 16.2 Å². The van der Waals surface area contributed by atoms with Crippen LogP contribution in [0.25, 0.3) is 11.5 Å². The highest BCUT2D eigenvalue weighted by atomic mass is 32.1. The lowest BCUT2D eigenvalue weighted by Gasteiger charge is -2.17. The maximum absolute atomic E-state index is 13.5. The van der Waals surface area contributed by atoms with Gasteiger partial charge in [-0.05, 0) is 48.8 Å². The number of pyridine rings is 1. The lowest BCUT2D eigenvalue weighted by atomic mass is 10.0. The van der Waals surface area contributed by atoms with Crippen LogP contribution in [-0.4, -0.2) is 4.99 Å². The lowest BCUT2D eigenvalue weighted by Crippen LogP contribution is -2.39. The molecule has 2 aromatic carbocycles. The fourth-order valence-electron chi connectivity index (χ4n) is 3.43. The second-order valence-electron chi connectivity index (χ2n) is 7.79. The minimum absolute atomic E-state index is 0.0988. The number of aromatic nitrogens is 1. The van der Waals surface area contributed by atoms with Gasteiger partial charge >= 0.3 is 0 Å². The molecule has 0 aliphatic carbocycles. The summed E-state index contributed by atoms with van der Waals surface area (Å²) < 4.78 is 1.78. The second-order valence-corrected chi connectivity index (χ2v) is 8.20. The van der Waals surface area contributed by atoms with E-state index < -0.39 is 0 Å². The number of anilines is 1. The molecule has 0 amide bonds. The summed E-state index contributed by atoms with van der Waals surface area (Å²) >= 11 is 5.67. The van der Waals surface area contributed by atoms with E-state index in [4.69, 9.17) is 12.2 Å². The zero-order valence-corrected chi connectivity index (χ0v) is 19.1. The first-order chi connectivity index (χ1) is 15.1. The lowest BCUT2D eigenvalue weighted by molar-refractivity contribution is -0.577. The Labute approximate surface area is 191 Å². The Kier molecular flexibility index (Phi) is 8.36. The first-order valence-electron chi connectivity index (χ1n) is 10.9. The Balaban J connectivity index is 1.87. The number of unbranched alkanes of at least 4 members (excludes halogenated alkanes) is 3. The van der Waals surface area contributed by atoms with E-state index in [1.165, 1.54) is 36.8 Å². The summed E-state index contributed by atoms with van der Waals surface area (Å²) in [6, 6.07) is 21.6. The van der Waals surface area contributed by atoms with Crippen LogP contribution in [0.4, 0.5) is 5.69 Å². The molecule has 0 fully saturated rings. The van der Waals surface area contributed by atoms with Crippen molar-refractivity contribution in [3.05, 3.63) is 95.8 Å². The molecule has 31 heavy (non-hydrogen) atoms. The molecule has 0 radical (unpaired) electrons. The molecular weight excluding hydrogens is 400 g/mol. The van der Waals surface area contributed by atoms with Crippen LogP contribution >= 0.6 is 12.2 Å². The number of hydrogen-bond acceptors (Lipinski definition) is 2. The van der Waals surface area contributed by atoms with Crippen LogP contribution in [0.2, 0.25) is 0 Å². The summed E-state index contributed by atoms with van der Waals surface area (Å²) in [5.74, 6) is -0.0988. The van der Waals surface area contributed by atoms with Crippen LogP contribution < -0.4 is 15.0 Å². The van der Waals surface area contributed by atoms with Crippen molar-refractivity contribution in [2.45, 2.75) is 46.0 Å². The molecule has 3 nitrogen and oxygen atoms in total. The Morgan fingerprint density at radius 3 is 2.23 bits per heavy atom. The minimum Gasteiger partial charge on any atom is -0.867 e. The van der Waals surface area contributed by atoms with Crippen LogP contribution in [0, 0.1) is 6.92 Å². The van der Waals surface area contributed by atoms with Gasteiger partial charge < -0.3 is 10.4 Å². The highest BCUT2D eigenvalue weighted by molar-refractivity contribution is 7.81.